The van der Waals surface area contributed by atoms with E-state index in [2.05, 4.69) is 22.0 Å². The summed E-state index contributed by atoms with van der Waals surface area (Å²) in [4.78, 5) is 20.5. The van der Waals surface area contributed by atoms with Gasteiger partial charge in [-0.25, -0.2) is 4.98 Å². The topological polar surface area (TPSA) is 36.4 Å². The van der Waals surface area contributed by atoms with E-state index in [0.717, 1.165) is 38.3 Å². The van der Waals surface area contributed by atoms with Gasteiger partial charge in [0.05, 0.1) is 6.04 Å². The molecule has 0 unspecified atom stereocenters. The van der Waals surface area contributed by atoms with E-state index in [1.165, 1.54) is 18.4 Å². The third-order valence-electron chi connectivity index (χ3n) is 4.24. The van der Waals surface area contributed by atoms with Crippen LogP contribution in [0.1, 0.15) is 44.2 Å². The minimum atomic E-state index is 0.172. The minimum absolute atomic E-state index is 0.172. The van der Waals surface area contributed by atoms with Gasteiger partial charge in [0.25, 0.3) is 0 Å². The number of hydrogen-bond acceptors (Lipinski definition) is 3. The van der Waals surface area contributed by atoms with Crippen molar-refractivity contribution in [2.45, 2.75) is 38.6 Å². The van der Waals surface area contributed by atoms with Gasteiger partial charge >= 0.3 is 0 Å². The molecule has 0 spiro atoms. The van der Waals surface area contributed by atoms with Crippen molar-refractivity contribution in [1.82, 2.24) is 9.88 Å². The molecule has 0 N–H and O–H groups in total. The van der Waals surface area contributed by atoms with Gasteiger partial charge in [-0.3, -0.25) is 4.79 Å². The first kappa shape index (κ1) is 12.5. The number of pyridine rings is 1. The van der Waals surface area contributed by atoms with Gasteiger partial charge in [0.1, 0.15) is 5.82 Å². The standard InChI is InChI=1S/C15H21N3O/c1-12(19)18-10-4-5-14(18)13-6-7-15(16-11-13)17-8-2-3-9-17/h6-7,11,14H,2-5,8-10H2,1H3/t14-/m0/s1. The fourth-order valence-corrected chi connectivity index (χ4v) is 3.22. The third kappa shape index (κ3) is 2.44. The van der Waals surface area contributed by atoms with Gasteiger partial charge in [-0.1, -0.05) is 6.07 Å². The molecule has 1 aromatic heterocycles. The van der Waals surface area contributed by atoms with E-state index >= 15 is 0 Å². The lowest BCUT2D eigenvalue weighted by Crippen LogP contribution is -2.28. The number of amides is 1. The molecule has 2 saturated heterocycles. The summed E-state index contributed by atoms with van der Waals surface area (Å²) < 4.78 is 0. The molecule has 1 aromatic rings. The number of likely N-dealkylation sites (tertiary alicyclic amines) is 1. The molecule has 0 bridgehead atoms. The van der Waals surface area contributed by atoms with Crippen molar-refractivity contribution in [3.05, 3.63) is 23.9 Å². The van der Waals surface area contributed by atoms with Crippen LogP contribution in [-0.4, -0.2) is 35.4 Å². The largest absolute Gasteiger partial charge is 0.357 e. The van der Waals surface area contributed by atoms with E-state index in [1.807, 2.05) is 11.1 Å². The first-order chi connectivity index (χ1) is 9.25. The zero-order valence-electron chi connectivity index (χ0n) is 11.5. The summed E-state index contributed by atoms with van der Waals surface area (Å²) in [6.07, 6.45) is 6.65. The molecule has 4 heteroatoms. The molecule has 3 heterocycles. The number of nitrogens with zero attached hydrogens (tertiary/aromatic N) is 3. The second kappa shape index (κ2) is 5.19. The van der Waals surface area contributed by atoms with Gasteiger partial charge in [0.15, 0.2) is 0 Å². The highest BCUT2D eigenvalue weighted by molar-refractivity contribution is 5.74. The van der Waals surface area contributed by atoms with E-state index in [9.17, 15) is 4.79 Å². The van der Waals surface area contributed by atoms with Gasteiger partial charge in [-0.2, -0.15) is 0 Å². The third-order valence-corrected chi connectivity index (χ3v) is 4.24. The van der Waals surface area contributed by atoms with Crippen molar-refractivity contribution < 1.29 is 4.79 Å². The Morgan fingerprint density at radius 1 is 1.21 bits per heavy atom. The zero-order chi connectivity index (χ0) is 13.2. The second-order valence-electron chi connectivity index (χ2n) is 5.51. The predicted molar refractivity (Wildman–Crippen MR) is 75.0 cm³/mol. The summed E-state index contributed by atoms with van der Waals surface area (Å²) >= 11 is 0. The van der Waals surface area contributed by atoms with Gasteiger partial charge in [0.2, 0.25) is 5.91 Å². The maximum atomic E-state index is 11.6. The Kier molecular flexibility index (Phi) is 3.40. The molecule has 102 valence electrons. The summed E-state index contributed by atoms with van der Waals surface area (Å²) in [7, 11) is 0. The molecule has 2 aliphatic heterocycles. The van der Waals surface area contributed by atoms with Crippen molar-refractivity contribution in [3.8, 4) is 0 Å². The number of carbonyl (C=O) groups excluding carboxylic acids is 1. The predicted octanol–water partition coefficient (Wildman–Crippen LogP) is 2.37. The lowest BCUT2D eigenvalue weighted by molar-refractivity contribution is -0.129. The van der Waals surface area contributed by atoms with Crippen molar-refractivity contribution in [2.24, 2.45) is 0 Å². The highest BCUT2D eigenvalue weighted by Crippen LogP contribution is 2.32. The van der Waals surface area contributed by atoms with E-state index in [1.54, 1.807) is 6.92 Å². The first-order valence-electron chi connectivity index (χ1n) is 7.24. The maximum absolute atomic E-state index is 11.6. The molecular formula is C15H21N3O. The van der Waals surface area contributed by atoms with Crippen LogP contribution < -0.4 is 4.90 Å². The molecule has 1 amide bonds. The SMILES string of the molecule is CC(=O)N1CCC[C@H]1c1ccc(N2CCCC2)nc1. The molecule has 4 nitrogen and oxygen atoms in total. The fraction of sp³-hybridized carbons (Fsp3) is 0.600. The van der Waals surface area contributed by atoms with E-state index in [0.29, 0.717) is 0 Å². The zero-order valence-corrected chi connectivity index (χ0v) is 11.5. The van der Waals surface area contributed by atoms with Crippen LogP contribution in [0.15, 0.2) is 18.3 Å². The molecule has 0 aliphatic carbocycles. The van der Waals surface area contributed by atoms with Gasteiger partial charge in [-0.05, 0) is 37.3 Å². The summed E-state index contributed by atoms with van der Waals surface area (Å²) in [5, 5.41) is 0. The van der Waals surface area contributed by atoms with Crippen molar-refractivity contribution in [3.63, 3.8) is 0 Å². The smallest absolute Gasteiger partial charge is 0.219 e. The fourth-order valence-electron chi connectivity index (χ4n) is 3.22. The average Bonchev–Trinajstić information content (AvgIpc) is 3.10. The highest BCUT2D eigenvalue weighted by Gasteiger charge is 2.28. The monoisotopic (exact) mass is 259 g/mol. The van der Waals surface area contributed by atoms with Crippen LogP contribution in [0.5, 0.6) is 0 Å². The van der Waals surface area contributed by atoms with E-state index in [4.69, 9.17) is 0 Å². The molecule has 0 radical (unpaired) electrons. The Balaban J connectivity index is 1.76. The molecule has 0 aromatic carbocycles. The number of carbonyl (C=O) groups is 1. The number of aromatic nitrogens is 1. The van der Waals surface area contributed by atoms with E-state index < -0.39 is 0 Å². The number of rotatable bonds is 2. The summed E-state index contributed by atoms with van der Waals surface area (Å²) in [5.74, 6) is 1.25. The van der Waals surface area contributed by atoms with Gasteiger partial charge < -0.3 is 9.80 Å². The molecule has 0 saturated carbocycles. The quantitative estimate of drug-likeness (QED) is 0.818. The Hall–Kier alpha value is -1.58. The first-order valence-corrected chi connectivity index (χ1v) is 7.24. The van der Waals surface area contributed by atoms with Crippen LogP contribution in [0.3, 0.4) is 0 Å². The van der Waals surface area contributed by atoms with E-state index in [-0.39, 0.29) is 11.9 Å². The lowest BCUT2D eigenvalue weighted by atomic mass is 10.1. The Labute approximate surface area is 114 Å². The lowest BCUT2D eigenvalue weighted by Gasteiger charge is -2.24. The van der Waals surface area contributed by atoms with Crippen LogP contribution >= 0.6 is 0 Å². The van der Waals surface area contributed by atoms with Crippen LogP contribution in [0.2, 0.25) is 0 Å². The highest BCUT2D eigenvalue weighted by atomic mass is 16.2. The summed E-state index contributed by atoms with van der Waals surface area (Å²) in [6, 6.07) is 4.49. The Morgan fingerprint density at radius 3 is 2.63 bits per heavy atom. The molecule has 3 rings (SSSR count). The number of anilines is 1. The van der Waals surface area contributed by atoms with Crippen molar-refractivity contribution in [1.29, 1.82) is 0 Å². The Bertz CT molecular complexity index is 451. The van der Waals surface area contributed by atoms with Crippen LogP contribution in [0.25, 0.3) is 0 Å². The van der Waals surface area contributed by atoms with Crippen molar-refractivity contribution >= 4 is 11.7 Å². The van der Waals surface area contributed by atoms with Gasteiger partial charge in [0, 0.05) is 32.8 Å². The summed E-state index contributed by atoms with van der Waals surface area (Å²) in [6.45, 7) is 4.78. The van der Waals surface area contributed by atoms with Crippen molar-refractivity contribution in [2.75, 3.05) is 24.5 Å². The van der Waals surface area contributed by atoms with Crippen LogP contribution in [-0.2, 0) is 4.79 Å². The van der Waals surface area contributed by atoms with Crippen LogP contribution in [0.4, 0.5) is 5.82 Å². The second-order valence-corrected chi connectivity index (χ2v) is 5.51. The average molecular weight is 259 g/mol. The minimum Gasteiger partial charge on any atom is -0.357 e. The normalized spacial score (nSPS) is 23.1. The molecule has 1 atom stereocenters. The molecule has 2 fully saturated rings. The Morgan fingerprint density at radius 2 is 2.00 bits per heavy atom. The van der Waals surface area contributed by atoms with Gasteiger partial charge in [-0.15, -0.1) is 0 Å². The number of hydrogen-bond donors (Lipinski definition) is 0. The molecular weight excluding hydrogens is 238 g/mol. The molecule has 2 aliphatic rings. The molecule has 19 heavy (non-hydrogen) atoms. The maximum Gasteiger partial charge on any atom is 0.219 e. The van der Waals surface area contributed by atoms with Crippen LogP contribution in [0, 0.1) is 0 Å². The summed E-state index contributed by atoms with van der Waals surface area (Å²) in [5.41, 5.74) is 1.18.